The first-order valence-corrected chi connectivity index (χ1v) is 9.47. The SMILES string of the molecule is CCCCC(C#N)(CN1C=[N+](COC(=O)OCC)CN1)c1ccc(Cl)cc1.[Cl-]. The normalized spacial score (nSPS) is 15.1. The van der Waals surface area contributed by atoms with Gasteiger partial charge in [-0.15, -0.1) is 5.43 Å². The maximum Gasteiger partial charge on any atom is 0.511 e. The zero-order valence-corrected chi connectivity index (χ0v) is 17.7. The molecular formula is C19H26Cl2N4O3. The van der Waals surface area contributed by atoms with Crippen LogP contribution in [0.4, 0.5) is 4.79 Å². The Morgan fingerprint density at radius 1 is 1.36 bits per heavy atom. The molecule has 0 amide bonds. The van der Waals surface area contributed by atoms with Gasteiger partial charge in [-0.1, -0.05) is 43.5 Å². The fourth-order valence-corrected chi connectivity index (χ4v) is 3.07. The van der Waals surface area contributed by atoms with Crippen molar-refractivity contribution in [1.82, 2.24) is 10.4 Å². The van der Waals surface area contributed by atoms with Gasteiger partial charge in [-0.05, 0) is 31.0 Å². The van der Waals surface area contributed by atoms with Crippen molar-refractivity contribution in [3.8, 4) is 6.07 Å². The zero-order valence-electron chi connectivity index (χ0n) is 16.2. The molecule has 0 bridgehead atoms. The van der Waals surface area contributed by atoms with Crippen molar-refractivity contribution in [2.75, 3.05) is 26.6 Å². The molecule has 0 radical (unpaired) electrons. The van der Waals surface area contributed by atoms with Crippen molar-refractivity contribution in [2.45, 2.75) is 38.5 Å². The van der Waals surface area contributed by atoms with Crippen molar-refractivity contribution in [2.24, 2.45) is 0 Å². The molecule has 9 heteroatoms. The van der Waals surface area contributed by atoms with Gasteiger partial charge in [0.05, 0.1) is 12.7 Å². The lowest BCUT2D eigenvalue weighted by molar-refractivity contribution is -0.554. The van der Waals surface area contributed by atoms with Crippen LogP contribution in [0.3, 0.4) is 0 Å². The van der Waals surface area contributed by atoms with Gasteiger partial charge < -0.3 is 21.9 Å². The summed E-state index contributed by atoms with van der Waals surface area (Å²) in [6.45, 7) is 5.14. The molecule has 2 rings (SSSR count). The van der Waals surface area contributed by atoms with Gasteiger partial charge in [0.15, 0.2) is 6.67 Å². The van der Waals surface area contributed by atoms with E-state index in [2.05, 4.69) is 18.4 Å². The summed E-state index contributed by atoms with van der Waals surface area (Å²) in [7, 11) is 0. The molecule has 1 atom stereocenters. The first kappa shape index (κ1) is 24.0. The second kappa shape index (κ2) is 11.7. The lowest BCUT2D eigenvalue weighted by Gasteiger charge is -2.27. The van der Waals surface area contributed by atoms with Crippen LogP contribution in [0.15, 0.2) is 24.3 Å². The second-order valence-corrected chi connectivity index (χ2v) is 6.85. The van der Waals surface area contributed by atoms with Crippen molar-refractivity contribution in [3.05, 3.63) is 34.9 Å². The number of nitrogens with one attached hydrogen (secondary N) is 1. The number of hydrazine groups is 1. The Morgan fingerprint density at radius 2 is 2.07 bits per heavy atom. The van der Waals surface area contributed by atoms with Crippen LogP contribution in [0, 0.1) is 11.3 Å². The summed E-state index contributed by atoms with van der Waals surface area (Å²) in [6.07, 6.45) is 3.81. The predicted molar refractivity (Wildman–Crippen MR) is 102 cm³/mol. The molecule has 1 aromatic rings. The van der Waals surface area contributed by atoms with Crippen LogP contribution in [-0.2, 0) is 14.9 Å². The summed E-state index contributed by atoms with van der Waals surface area (Å²) in [5.74, 6) is 0. The summed E-state index contributed by atoms with van der Waals surface area (Å²) in [5, 5.41) is 12.5. The molecule has 0 aromatic heterocycles. The van der Waals surface area contributed by atoms with E-state index in [1.54, 1.807) is 11.5 Å². The number of carbonyl (C=O) groups excluding carboxylic acids is 1. The van der Waals surface area contributed by atoms with Crippen LogP contribution < -0.4 is 17.8 Å². The van der Waals surface area contributed by atoms with E-state index in [1.165, 1.54) is 0 Å². The highest BCUT2D eigenvalue weighted by molar-refractivity contribution is 6.30. The number of halogens is 2. The predicted octanol–water partition coefficient (Wildman–Crippen LogP) is 0.245. The van der Waals surface area contributed by atoms with E-state index in [0.717, 1.165) is 24.8 Å². The summed E-state index contributed by atoms with van der Waals surface area (Å²) < 4.78 is 11.6. The number of carbonyl (C=O) groups is 1. The molecule has 1 unspecified atom stereocenters. The third-order valence-corrected chi connectivity index (χ3v) is 4.65. The summed E-state index contributed by atoms with van der Waals surface area (Å²) in [4.78, 5) is 11.3. The minimum absolute atomic E-state index is 0. The van der Waals surface area contributed by atoms with Crippen molar-refractivity contribution in [3.63, 3.8) is 0 Å². The molecule has 0 saturated heterocycles. The number of benzene rings is 1. The Bertz CT molecular complexity index is 706. The quantitative estimate of drug-likeness (QED) is 0.448. The average Bonchev–Trinajstić information content (AvgIpc) is 3.12. The summed E-state index contributed by atoms with van der Waals surface area (Å²) in [5.41, 5.74) is 3.48. The average molecular weight is 429 g/mol. The molecule has 1 aromatic carbocycles. The van der Waals surface area contributed by atoms with Crippen LogP contribution in [0.5, 0.6) is 0 Å². The highest BCUT2D eigenvalue weighted by Gasteiger charge is 2.38. The van der Waals surface area contributed by atoms with Crippen LogP contribution >= 0.6 is 11.6 Å². The van der Waals surface area contributed by atoms with E-state index in [-0.39, 0.29) is 25.7 Å². The largest absolute Gasteiger partial charge is 1.00 e. The second-order valence-electron chi connectivity index (χ2n) is 6.41. The van der Waals surface area contributed by atoms with E-state index in [1.807, 2.05) is 35.6 Å². The van der Waals surface area contributed by atoms with Gasteiger partial charge >= 0.3 is 6.16 Å². The van der Waals surface area contributed by atoms with E-state index >= 15 is 0 Å². The number of nitrogens with zero attached hydrogens (tertiary/aromatic N) is 3. The minimum atomic E-state index is -0.695. The molecule has 1 heterocycles. The monoisotopic (exact) mass is 428 g/mol. The molecular weight excluding hydrogens is 403 g/mol. The van der Waals surface area contributed by atoms with Crippen LogP contribution in [0.2, 0.25) is 5.02 Å². The fraction of sp³-hybridized carbons (Fsp3) is 0.526. The molecule has 1 aliphatic rings. The van der Waals surface area contributed by atoms with Crippen molar-refractivity contribution < 1.29 is 31.3 Å². The number of ether oxygens (including phenoxy) is 2. The fourth-order valence-electron chi connectivity index (χ4n) is 2.94. The smallest absolute Gasteiger partial charge is 0.511 e. The number of rotatable bonds is 9. The molecule has 28 heavy (non-hydrogen) atoms. The number of hydrogen-bond donors (Lipinski definition) is 1. The van der Waals surface area contributed by atoms with Crippen LogP contribution in [0.25, 0.3) is 0 Å². The van der Waals surface area contributed by atoms with Gasteiger partial charge in [0.25, 0.3) is 6.34 Å². The standard InChI is InChI=1S/C19H26ClN4O3.ClH/c1-3-5-10-19(11-21,16-6-8-17(20)9-7-16)12-24-14-23(13-22-24)15-27-18(25)26-4-2;/h6-9,14,22H,3-5,10,12-13,15H2,1-2H3;1H/q+1;/p-1. The van der Waals surface area contributed by atoms with Gasteiger partial charge in [0.1, 0.15) is 12.0 Å². The molecule has 1 N–H and O–H groups in total. The molecule has 0 aliphatic carbocycles. The van der Waals surface area contributed by atoms with Crippen LogP contribution in [0.1, 0.15) is 38.7 Å². The van der Waals surface area contributed by atoms with Gasteiger partial charge in [0, 0.05) is 5.02 Å². The lowest BCUT2D eigenvalue weighted by Crippen LogP contribution is -3.00. The Hall–Kier alpha value is -2.01. The number of hydrogen-bond acceptors (Lipinski definition) is 6. The summed E-state index contributed by atoms with van der Waals surface area (Å²) in [6, 6.07) is 9.99. The number of nitriles is 1. The molecule has 0 spiro atoms. The molecule has 7 nitrogen and oxygen atoms in total. The maximum atomic E-state index is 11.3. The van der Waals surface area contributed by atoms with Gasteiger partial charge in [-0.25, -0.2) is 9.37 Å². The topological polar surface area (TPSA) is 77.6 Å². The zero-order chi connectivity index (χ0) is 19.7. The lowest BCUT2D eigenvalue weighted by atomic mass is 9.77. The summed E-state index contributed by atoms with van der Waals surface area (Å²) >= 11 is 6.01. The Morgan fingerprint density at radius 3 is 2.68 bits per heavy atom. The molecule has 0 saturated carbocycles. The minimum Gasteiger partial charge on any atom is -1.00 e. The van der Waals surface area contributed by atoms with Gasteiger partial charge in [-0.3, -0.25) is 0 Å². The van der Waals surface area contributed by atoms with Gasteiger partial charge in [0.2, 0.25) is 6.73 Å². The Balaban J connectivity index is 0.00000392. The molecule has 1 aliphatic heterocycles. The molecule has 154 valence electrons. The van der Waals surface area contributed by atoms with Crippen LogP contribution in [-0.4, -0.2) is 48.6 Å². The van der Waals surface area contributed by atoms with E-state index in [4.69, 9.17) is 21.1 Å². The van der Waals surface area contributed by atoms with E-state index in [9.17, 15) is 10.1 Å². The third kappa shape index (κ3) is 6.55. The highest BCUT2D eigenvalue weighted by atomic mass is 35.5. The Labute approximate surface area is 177 Å². The third-order valence-electron chi connectivity index (χ3n) is 4.40. The maximum absolute atomic E-state index is 11.3. The van der Waals surface area contributed by atoms with Crippen molar-refractivity contribution in [1.29, 1.82) is 5.26 Å². The first-order chi connectivity index (χ1) is 13.0. The van der Waals surface area contributed by atoms with Crippen molar-refractivity contribution >= 4 is 24.1 Å². The Kier molecular flexibility index (Phi) is 10.1. The van der Waals surface area contributed by atoms with E-state index in [0.29, 0.717) is 18.2 Å². The molecule has 0 fully saturated rings. The highest BCUT2D eigenvalue weighted by Crippen LogP contribution is 2.31. The number of unbranched alkanes of at least 4 members (excludes halogenated alkanes) is 1. The van der Waals surface area contributed by atoms with E-state index < -0.39 is 11.6 Å². The van der Waals surface area contributed by atoms with Gasteiger partial charge in [-0.2, -0.15) is 10.3 Å². The first-order valence-electron chi connectivity index (χ1n) is 9.09.